The number of halogens is 2. The number of rotatable bonds is 8. The second kappa shape index (κ2) is 11.5. The molecule has 3 aromatic rings. The summed E-state index contributed by atoms with van der Waals surface area (Å²) in [6, 6.07) is 18.9. The topological polar surface area (TPSA) is 60.0 Å². The van der Waals surface area contributed by atoms with E-state index in [1.165, 1.54) is 7.11 Å². The van der Waals surface area contributed by atoms with Crippen molar-refractivity contribution in [2.75, 3.05) is 43.6 Å². The molecule has 1 N–H and O–H groups in total. The van der Waals surface area contributed by atoms with Crippen molar-refractivity contribution < 1.29 is 19.0 Å². The van der Waals surface area contributed by atoms with Crippen molar-refractivity contribution >= 4 is 40.5 Å². The van der Waals surface area contributed by atoms with E-state index in [9.17, 15) is 4.79 Å². The lowest BCUT2D eigenvalue weighted by Crippen LogP contribution is -2.37. The van der Waals surface area contributed by atoms with Crippen LogP contribution in [0.2, 0.25) is 10.0 Å². The quantitative estimate of drug-likeness (QED) is 0.394. The number of nitrogens with one attached hydrogen (secondary N) is 1. The highest BCUT2D eigenvalue weighted by molar-refractivity contribution is 6.35. The van der Waals surface area contributed by atoms with E-state index in [2.05, 4.69) is 10.2 Å². The molecule has 4 rings (SSSR count). The van der Waals surface area contributed by atoms with Gasteiger partial charge in [0, 0.05) is 40.9 Å². The molecule has 1 fully saturated rings. The van der Waals surface area contributed by atoms with Crippen molar-refractivity contribution in [2.45, 2.75) is 13.2 Å². The number of hydrogen-bond donors (Lipinski definition) is 1. The minimum absolute atomic E-state index is 0.346. The standard InChI is InChI=1S/C26H26Cl2N2O4/c1-32-26(31)23-15-21(7-8-25(23)30-9-11-33-12-10-30)29-16-18-3-2-4-22(13-18)34-17-19-5-6-20(27)14-24(19)28/h2-8,13-15,29H,9-12,16-17H2,1H3. The fraction of sp³-hybridized carbons (Fsp3) is 0.269. The molecule has 0 atom stereocenters. The third-order valence-electron chi connectivity index (χ3n) is 5.56. The Balaban J connectivity index is 1.42. The van der Waals surface area contributed by atoms with Gasteiger partial charge in [-0.2, -0.15) is 0 Å². The maximum atomic E-state index is 12.4. The van der Waals surface area contributed by atoms with Crippen molar-refractivity contribution in [3.8, 4) is 5.75 Å². The Morgan fingerprint density at radius 2 is 1.88 bits per heavy atom. The highest BCUT2D eigenvalue weighted by Gasteiger charge is 2.20. The van der Waals surface area contributed by atoms with E-state index in [-0.39, 0.29) is 5.97 Å². The first-order valence-electron chi connectivity index (χ1n) is 11.0. The molecule has 178 valence electrons. The Morgan fingerprint density at radius 1 is 1.06 bits per heavy atom. The maximum Gasteiger partial charge on any atom is 0.340 e. The minimum atomic E-state index is -0.360. The van der Waals surface area contributed by atoms with Crippen LogP contribution in [-0.4, -0.2) is 39.4 Å². The number of morpholine rings is 1. The van der Waals surface area contributed by atoms with Gasteiger partial charge in [0.25, 0.3) is 0 Å². The van der Waals surface area contributed by atoms with Crippen LogP contribution in [0.5, 0.6) is 5.75 Å². The van der Waals surface area contributed by atoms with Gasteiger partial charge in [-0.3, -0.25) is 0 Å². The normalized spacial score (nSPS) is 13.4. The SMILES string of the molecule is COC(=O)c1cc(NCc2cccc(OCc3ccc(Cl)cc3Cl)c2)ccc1N1CCOCC1. The number of methoxy groups -OCH3 is 1. The summed E-state index contributed by atoms with van der Waals surface area (Å²) in [5, 5.41) is 4.55. The highest BCUT2D eigenvalue weighted by atomic mass is 35.5. The molecule has 8 heteroatoms. The average Bonchev–Trinajstić information content (AvgIpc) is 2.87. The van der Waals surface area contributed by atoms with E-state index in [1.807, 2.05) is 48.5 Å². The van der Waals surface area contributed by atoms with E-state index >= 15 is 0 Å². The predicted octanol–water partition coefficient (Wildman–Crippen LogP) is 5.81. The summed E-state index contributed by atoms with van der Waals surface area (Å²) in [6.07, 6.45) is 0. The zero-order valence-corrected chi connectivity index (χ0v) is 20.4. The van der Waals surface area contributed by atoms with Gasteiger partial charge < -0.3 is 24.4 Å². The molecule has 0 radical (unpaired) electrons. The van der Waals surface area contributed by atoms with E-state index in [0.29, 0.717) is 42.0 Å². The van der Waals surface area contributed by atoms with Crippen LogP contribution in [0.25, 0.3) is 0 Å². The van der Waals surface area contributed by atoms with Gasteiger partial charge in [-0.25, -0.2) is 4.79 Å². The fourth-order valence-electron chi connectivity index (χ4n) is 3.75. The van der Waals surface area contributed by atoms with Gasteiger partial charge in [0.15, 0.2) is 0 Å². The number of nitrogens with zero attached hydrogens (tertiary/aromatic N) is 1. The predicted molar refractivity (Wildman–Crippen MR) is 135 cm³/mol. The largest absolute Gasteiger partial charge is 0.489 e. The first kappa shape index (κ1) is 24.2. The van der Waals surface area contributed by atoms with Crippen molar-refractivity contribution in [1.82, 2.24) is 0 Å². The molecule has 1 aliphatic rings. The third kappa shape index (κ3) is 6.14. The molecule has 0 spiro atoms. The molecule has 6 nitrogen and oxygen atoms in total. The number of benzene rings is 3. The summed E-state index contributed by atoms with van der Waals surface area (Å²) >= 11 is 12.2. The molecule has 0 unspecified atom stereocenters. The molecule has 0 bridgehead atoms. The molecule has 1 saturated heterocycles. The lowest BCUT2D eigenvalue weighted by atomic mass is 10.1. The minimum Gasteiger partial charge on any atom is -0.489 e. The van der Waals surface area contributed by atoms with Crippen LogP contribution in [0.1, 0.15) is 21.5 Å². The maximum absolute atomic E-state index is 12.4. The lowest BCUT2D eigenvalue weighted by Gasteiger charge is -2.30. The fourth-order valence-corrected chi connectivity index (χ4v) is 4.21. The zero-order valence-electron chi connectivity index (χ0n) is 18.9. The summed E-state index contributed by atoms with van der Waals surface area (Å²) in [5.74, 6) is 0.379. The Bertz CT molecular complexity index is 1150. The van der Waals surface area contributed by atoms with E-state index in [4.69, 9.17) is 37.4 Å². The Morgan fingerprint density at radius 3 is 2.65 bits per heavy atom. The second-order valence-corrected chi connectivity index (χ2v) is 8.69. The molecule has 1 heterocycles. The van der Waals surface area contributed by atoms with Crippen LogP contribution in [0.15, 0.2) is 60.7 Å². The van der Waals surface area contributed by atoms with Crippen molar-refractivity contribution in [2.24, 2.45) is 0 Å². The van der Waals surface area contributed by atoms with Gasteiger partial charge in [-0.15, -0.1) is 0 Å². The Hall–Kier alpha value is -2.93. The van der Waals surface area contributed by atoms with Crippen molar-refractivity contribution in [1.29, 1.82) is 0 Å². The van der Waals surface area contributed by atoms with E-state index < -0.39 is 0 Å². The van der Waals surface area contributed by atoms with Crippen molar-refractivity contribution in [3.63, 3.8) is 0 Å². The van der Waals surface area contributed by atoms with Crippen LogP contribution in [-0.2, 0) is 22.6 Å². The second-order valence-electron chi connectivity index (χ2n) is 7.85. The van der Waals surface area contributed by atoms with Crippen molar-refractivity contribution in [3.05, 3.63) is 87.4 Å². The van der Waals surface area contributed by atoms with Crippen LogP contribution in [0.4, 0.5) is 11.4 Å². The molecule has 0 aromatic heterocycles. The lowest BCUT2D eigenvalue weighted by molar-refractivity contribution is 0.0600. The van der Waals surface area contributed by atoms with Gasteiger partial charge in [0.05, 0.1) is 31.6 Å². The number of anilines is 2. The molecule has 3 aromatic carbocycles. The number of ether oxygens (including phenoxy) is 3. The van der Waals surface area contributed by atoms with E-state index in [1.54, 1.807) is 12.1 Å². The molecule has 0 amide bonds. The molecule has 0 saturated carbocycles. The summed E-state index contributed by atoms with van der Waals surface area (Å²) in [7, 11) is 1.40. The third-order valence-corrected chi connectivity index (χ3v) is 6.15. The number of hydrogen-bond acceptors (Lipinski definition) is 6. The number of carbonyl (C=O) groups excluding carboxylic acids is 1. The van der Waals surface area contributed by atoms with Crippen LogP contribution in [0.3, 0.4) is 0 Å². The molecule has 0 aliphatic carbocycles. The van der Waals surface area contributed by atoms with Crippen LogP contribution >= 0.6 is 23.2 Å². The summed E-state index contributed by atoms with van der Waals surface area (Å²) in [4.78, 5) is 14.6. The molecule has 1 aliphatic heterocycles. The van der Waals surface area contributed by atoms with Gasteiger partial charge in [0.2, 0.25) is 0 Å². The first-order valence-corrected chi connectivity index (χ1v) is 11.7. The Labute approximate surface area is 209 Å². The summed E-state index contributed by atoms with van der Waals surface area (Å²) < 4.78 is 16.4. The average molecular weight is 501 g/mol. The van der Waals surface area contributed by atoms with Gasteiger partial charge in [0.1, 0.15) is 12.4 Å². The highest BCUT2D eigenvalue weighted by Crippen LogP contribution is 2.27. The summed E-state index contributed by atoms with van der Waals surface area (Å²) in [5.41, 5.74) is 4.13. The van der Waals surface area contributed by atoms with Crippen LogP contribution in [0, 0.1) is 0 Å². The molecular weight excluding hydrogens is 475 g/mol. The smallest absolute Gasteiger partial charge is 0.340 e. The van der Waals surface area contributed by atoms with Gasteiger partial charge in [-0.1, -0.05) is 41.4 Å². The molecular formula is C26H26Cl2N2O4. The van der Waals surface area contributed by atoms with Gasteiger partial charge in [-0.05, 0) is 48.0 Å². The Kier molecular flexibility index (Phi) is 8.16. The van der Waals surface area contributed by atoms with Gasteiger partial charge >= 0.3 is 5.97 Å². The van der Waals surface area contributed by atoms with Crippen LogP contribution < -0.4 is 15.0 Å². The van der Waals surface area contributed by atoms with E-state index in [0.717, 1.165) is 41.3 Å². The first-order chi connectivity index (χ1) is 16.5. The number of esters is 1. The number of carbonyl (C=O) groups is 1. The zero-order chi connectivity index (χ0) is 23.9. The monoisotopic (exact) mass is 500 g/mol. The summed E-state index contributed by atoms with van der Waals surface area (Å²) in [6.45, 7) is 3.68. The molecule has 34 heavy (non-hydrogen) atoms.